The molecule has 0 fully saturated rings. The third kappa shape index (κ3) is 5.44. The standard InChI is InChI=1S/C18H22N2O3.ClH/c1-2-22-16-10-5-6-11-17(16)23-15-9-4-3-8-14(15)18(21)20-13-7-12-19;/h3-6,8-11H,2,7,12-13,19H2,1H3,(H,20,21);1H. The van der Waals surface area contributed by atoms with E-state index in [2.05, 4.69) is 5.32 Å². The maximum Gasteiger partial charge on any atom is 0.255 e. The van der Waals surface area contributed by atoms with Crippen LogP contribution in [0.2, 0.25) is 0 Å². The number of ether oxygens (including phenoxy) is 2. The van der Waals surface area contributed by atoms with Crippen molar-refractivity contribution in [3.63, 3.8) is 0 Å². The van der Waals surface area contributed by atoms with Crippen LogP contribution in [0.3, 0.4) is 0 Å². The molecule has 0 atom stereocenters. The highest BCUT2D eigenvalue weighted by molar-refractivity contribution is 5.97. The molecule has 1 amide bonds. The summed E-state index contributed by atoms with van der Waals surface area (Å²) in [6.07, 6.45) is 0.738. The topological polar surface area (TPSA) is 73.6 Å². The summed E-state index contributed by atoms with van der Waals surface area (Å²) < 4.78 is 11.5. The maximum absolute atomic E-state index is 12.3. The minimum atomic E-state index is -0.178. The molecule has 130 valence electrons. The van der Waals surface area contributed by atoms with E-state index in [1.807, 2.05) is 37.3 Å². The number of nitrogens with one attached hydrogen (secondary N) is 1. The van der Waals surface area contributed by atoms with Crippen LogP contribution in [-0.2, 0) is 0 Å². The van der Waals surface area contributed by atoms with Crippen LogP contribution in [0.15, 0.2) is 48.5 Å². The number of halogens is 1. The molecule has 6 heteroatoms. The normalized spacial score (nSPS) is 9.75. The van der Waals surface area contributed by atoms with Crippen LogP contribution < -0.4 is 20.5 Å². The Morgan fingerprint density at radius 2 is 1.67 bits per heavy atom. The Kier molecular flexibility index (Phi) is 8.68. The van der Waals surface area contributed by atoms with Gasteiger partial charge in [-0.3, -0.25) is 4.79 Å². The molecule has 0 spiro atoms. The van der Waals surface area contributed by atoms with Crippen molar-refractivity contribution < 1.29 is 14.3 Å². The average Bonchev–Trinajstić information content (AvgIpc) is 2.57. The van der Waals surface area contributed by atoms with Crippen molar-refractivity contribution in [3.05, 3.63) is 54.1 Å². The van der Waals surface area contributed by atoms with Crippen LogP contribution >= 0.6 is 12.4 Å². The zero-order valence-corrected chi connectivity index (χ0v) is 14.5. The fourth-order valence-corrected chi connectivity index (χ4v) is 2.07. The first-order chi connectivity index (χ1) is 11.3. The van der Waals surface area contributed by atoms with E-state index in [4.69, 9.17) is 15.2 Å². The monoisotopic (exact) mass is 350 g/mol. The molecular formula is C18H23ClN2O3. The van der Waals surface area contributed by atoms with Crippen molar-refractivity contribution in [2.24, 2.45) is 5.73 Å². The lowest BCUT2D eigenvalue weighted by Crippen LogP contribution is -2.26. The average molecular weight is 351 g/mol. The van der Waals surface area contributed by atoms with E-state index >= 15 is 0 Å². The van der Waals surface area contributed by atoms with Crippen molar-refractivity contribution in [2.45, 2.75) is 13.3 Å². The van der Waals surface area contributed by atoms with Gasteiger partial charge in [-0.15, -0.1) is 12.4 Å². The van der Waals surface area contributed by atoms with Crippen molar-refractivity contribution in [2.75, 3.05) is 19.7 Å². The van der Waals surface area contributed by atoms with Crippen LogP contribution in [-0.4, -0.2) is 25.6 Å². The molecule has 3 N–H and O–H groups in total. The number of para-hydroxylation sites is 3. The lowest BCUT2D eigenvalue weighted by Gasteiger charge is -2.14. The summed E-state index contributed by atoms with van der Waals surface area (Å²) in [5, 5.41) is 2.84. The van der Waals surface area contributed by atoms with Crippen molar-refractivity contribution in [3.8, 4) is 17.2 Å². The highest BCUT2D eigenvalue weighted by atomic mass is 35.5. The van der Waals surface area contributed by atoms with E-state index in [1.165, 1.54) is 0 Å². The third-order valence-electron chi connectivity index (χ3n) is 3.17. The summed E-state index contributed by atoms with van der Waals surface area (Å²) in [5.74, 6) is 1.54. The molecule has 5 nitrogen and oxygen atoms in total. The van der Waals surface area contributed by atoms with E-state index in [0.717, 1.165) is 6.42 Å². The molecule has 0 saturated heterocycles. The first-order valence-electron chi connectivity index (χ1n) is 7.73. The quantitative estimate of drug-likeness (QED) is 0.716. The molecule has 0 unspecified atom stereocenters. The number of nitrogens with two attached hydrogens (primary N) is 1. The second-order valence-electron chi connectivity index (χ2n) is 4.88. The summed E-state index contributed by atoms with van der Waals surface area (Å²) in [7, 11) is 0. The molecule has 0 aliphatic rings. The summed E-state index contributed by atoms with van der Waals surface area (Å²) >= 11 is 0. The number of carbonyl (C=O) groups is 1. The van der Waals surface area contributed by atoms with E-state index in [-0.39, 0.29) is 18.3 Å². The summed E-state index contributed by atoms with van der Waals surface area (Å²) in [6, 6.07) is 14.5. The van der Waals surface area contributed by atoms with Gasteiger partial charge in [-0.2, -0.15) is 0 Å². The number of carbonyl (C=O) groups excluding carboxylic acids is 1. The van der Waals surface area contributed by atoms with Crippen LogP contribution in [0.1, 0.15) is 23.7 Å². The van der Waals surface area contributed by atoms with E-state index < -0.39 is 0 Å². The van der Waals surface area contributed by atoms with Gasteiger partial charge in [0.2, 0.25) is 0 Å². The van der Waals surface area contributed by atoms with Gasteiger partial charge in [0.15, 0.2) is 11.5 Å². The Bertz CT molecular complexity index is 650. The molecule has 2 aromatic rings. The lowest BCUT2D eigenvalue weighted by molar-refractivity contribution is 0.0951. The van der Waals surface area contributed by atoms with Crippen molar-refractivity contribution in [1.82, 2.24) is 5.32 Å². The fraction of sp³-hybridized carbons (Fsp3) is 0.278. The second-order valence-corrected chi connectivity index (χ2v) is 4.88. The Morgan fingerprint density at radius 3 is 2.33 bits per heavy atom. The predicted octanol–water partition coefficient (Wildman–Crippen LogP) is 3.38. The molecule has 0 radical (unpaired) electrons. The largest absolute Gasteiger partial charge is 0.490 e. The summed E-state index contributed by atoms with van der Waals surface area (Å²) in [5.41, 5.74) is 5.92. The smallest absolute Gasteiger partial charge is 0.255 e. The Labute approximate surface area is 148 Å². The Morgan fingerprint density at radius 1 is 1.04 bits per heavy atom. The summed E-state index contributed by atoms with van der Waals surface area (Å²) in [4.78, 5) is 12.3. The van der Waals surface area contributed by atoms with Gasteiger partial charge >= 0.3 is 0 Å². The van der Waals surface area contributed by atoms with Gasteiger partial charge in [0.1, 0.15) is 5.75 Å². The number of amides is 1. The molecule has 24 heavy (non-hydrogen) atoms. The predicted molar refractivity (Wildman–Crippen MR) is 97.4 cm³/mol. The van der Waals surface area contributed by atoms with Gasteiger partial charge in [0.05, 0.1) is 12.2 Å². The molecule has 0 saturated carbocycles. The zero-order valence-electron chi connectivity index (χ0n) is 13.7. The highest BCUT2D eigenvalue weighted by Gasteiger charge is 2.14. The van der Waals surface area contributed by atoms with Crippen LogP contribution in [0, 0.1) is 0 Å². The number of hydrogen-bond acceptors (Lipinski definition) is 4. The molecule has 2 rings (SSSR count). The minimum Gasteiger partial charge on any atom is -0.490 e. The zero-order chi connectivity index (χ0) is 16.5. The van der Waals surface area contributed by atoms with Gasteiger partial charge in [0.25, 0.3) is 5.91 Å². The molecule has 0 bridgehead atoms. The van der Waals surface area contributed by atoms with Gasteiger partial charge in [-0.05, 0) is 44.2 Å². The maximum atomic E-state index is 12.3. The Hall–Kier alpha value is -2.24. The first-order valence-corrected chi connectivity index (χ1v) is 7.73. The van der Waals surface area contributed by atoms with E-state index in [9.17, 15) is 4.79 Å². The molecule has 0 aromatic heterocycles. The first kappa shape index (κ1) is 19.8. The lowest BCUT2D eigenvalue weighted by atomic mass is 10.2. The number of rotatable bonds is 8. The van der Waals surface area contributed by atoms with Gasteiger partial charge < -0.3 is 20.5 Å². The third-order valence-corrected chi connectivity index (χ3v) is 3.17. The fourth-order valence-electron chi connectivity index (χ4n) is 2.07. The van der Waals surface area contributed by atoms with Gasteiger partial charge in [0, 0.05) is 6.54 Å². The van der Waals surface area contributed by atoms with Crippen LogP contribution in [0.25, 0.3) is 0 Å². The van der Waals surface area contributed by atoms with Crippen LogP contribution in [0.4, 0.5) is 0 Å². The molecular weight excluding hydrogens is 328 g/mol. The van der Waals surface area contributed by atoms with Crippen LogP contribution in [0.5, 0.6) is 17.2 Å². The molecule has 0 aliphatic heterocycles. The van der Waals surface area contributed by atoms with Crippen molar-refractivity contribution in [1.29, 1.82) is 0 Å². The van der Waals surface area contributed by atoms with Crippen molar-refractivity contribution >= 4 is 18.3 Å². The van der Waals surface area contributed by atoms with Gasteiger partial charge in [-0.1, -0.05) is 24.3 Å². The molecule has 0 aliphatic carbocycles. The molecule has 2 aromatic carbocycles. The second kappa shape index (κ2) is 10.5. The number of hydrogen-bond donors (Lipinski definition) is 2. The number of benzene rings is 2. The Balaban J connectivity index is 0.00000288. The van der Waals surface area contributed by atoms with E-state index in [0.29, 0.717) is 42.5 Å². The molecule has 0 heterocycles. The minimum absolute atomic E-state index is 0. The highest BCUT2D eigenvalue weighted by Crippen LogP contribution is 2.32. The van der Waals surface area contributed by atoms with Gasteiger partial charge in [-0.25, -0.2) is 0 Å². The van der Waals surface area contributed by atoms with E-state index in [1.54, 1.807) is 18.2 Å². The SMILES string of the molecule is CCOc1ccccc1Oc1ccccc1C(=O)NCCCN.Cl. The summed E-state index contributed by atoms with van der Waals surface area (Å²) in [6.45, 7) is 3.54.